The molecule has 6 heteroatoms. The molecule has 4 unspecified atom stereocenters. The van der Waals surface area contributed by atoms with E-state index in [0.717, 1.165) is 36.1 Å². The zero-order valence-corrected chi connectivity index (χ0v) is 14.9. The van der Waals surface area contributed by atoms with Crippen LogP contribution in [0.2, 0.25) is 0 Å². The smallest absolute Gasteiger partial charge is 0.240 e. The van der Waals surface area contributed by atoms with Crippen molar-refractivity contribution in [2.24, 2.45) is 23.7 Å². The third-order valence-corrected chi connectivity index (χ3v) is 6.85. The Morgan fingerprint density at radius 2 is 1.67 bits per heavy atom. The maximum absolute atomic E-state index is 13.2. The molecule has 1 aromatic carbocycles. The zero-order chi connectivity index (χ0) is 18.8. The number of fused-ring (bicyclic) bond motifs is 5. The number of nitrogens with one attached hydrogen (secondary N) is 1. The van der Waals surface area contributed by atoms with Crippen molar-refractivity contribution in [3.8, 4) is 0 Å². The minimum absolute atomic E-state index is 0.140. The average Bonchev–Trinajstić information content (AvgIpc) is 3.29. The predicted molar refractivity (Wildman–Crippen MR) is 94.5 cm³/mol. The molecular weight excluding hydrogens is 347 g/mol. The van der Waals surface area contributed by atoms with Crippen molar-refractivity contribution in [2.75, 3.05) is 6.54 Å². The Kier molecular flexibility index (Phi) is 3.55. The molecule has 140 valence electrons. The van der Waals surface area contributed by atoms with Gasteiger partial charge in [0.1, 0.15) is 12.4 Å². The summed E-state index contributed by atoms with van der Waals surface area (Å²) in [4.78, 5) is 39.3. The van der Waals surface area contributed by atoms with Crippen molar-refractivity contribution in [1.29, 1.82) is 0 Å². The van der Waals surface area contributed by atoms with E-state index in [9.17, 15) is 18.8 Å². The van der Waals surface area contributed by atoms with Gasteiger partial charge in [-0.15, -0.1) is 0 Å². The second-order valence-electron chi connectivity index (χ2n) is 8.25. The summed E-state index contributed by atoms with van der Waals surface area (Å²) in [6.07, 6.45) is 7.47. The van der Waals surface area contributed by atoms with Crippen molar-refractivity contribution in [1.82, 2.24) is 10.2 Å². The first-order chi connectivity index (χ1) is 13.0. The van der Waals surface area contributed by atoms with Gasteiger partial charge in [0, 0.05) is 0 Å². The van der Waals surface area contributed by atoms with Gasteiger partial charge in [-0.25, -0.2) is 4.39 Å². The molecule has 5 rings (SSSR count). The van der Waals surface area contributed by atoms with Gasteiger partial charge in [0.2, 0.25) is 17.7 Å². The van der Waals surface area contributed by atoms with E-state index in [1.54, 1.807) is 12.1 Å². The normalized spacial score (nSPS) is 32.6. The van der Waals surface area contributed by atoms with Gasteiger partial charge in [0.25, 0.3) is 0 Å². The highest BCUT2D eigenvalue weighted by molar-refractivity contribution is 6.08. The highest BCUT2D eigenvalue weighted by Gasteiger charge is 2.59. The number of allylic oxidation sites excluding steroid dienone is 2. The van der Waals surface area contributed by atoms with E-state index in [4.69, 9.17) is 0 Å². The minimum Gasteiger partial charge on any atom is -0.345 e. The Balaban J connectivity index is 1.30. The summed E-state index contributed by atoms with van der Waals surface area (Å²) < 4.78 is 13.2. The molecule has 1 heterocycles. The van der Waals surface area contributed by atoms with Gasteiger partial charge in [-0.3, -0.25) is 19.3 Å². The Bertz CT molecular complexity index is 829. The fourth-order valence-electron chi connectivity index (χ4n) is 5.36. The summed E-state index contributed by atoms with van der Waals surface area (Å²) >= 11 is 0. The van der Waals surface area contributed by atoms with Crippen molar-refractivity contribution in [2.45, 2.75) is 31.2 Å². The molecule has 3 fully saturated rings. The highest BCUT2D eigenvalue weighted by Crippen LogP contribution is 2.52. The Morgan fingerprint density at radius 1 is 1.07 bits per heavy atom. The third-order valence-electron chi connectivity index (χ3n) is 6.85. The first kappa shape index (κ1) is 16.7. The van der Waals surface area contributed by atoms with Crippen LogP contribution in [0.3, 0.4) is 0 Å². The van der Waals surface area contributed by atoms with E-state index >= 15 is 0 Å². The van der Waals surface area contributed by atoms with Crippen LogP contribution in [0.4, 0.5) is 4.39 Å². The molecule has 4 aliphatic rings. The number of benzene rings is 1. The van der Waals surface area contributed by atoms with Crippen LogP contribution in [0.1, 0.15) is 31.2 Å². The quantitative estimate of drug-likeness (QED) is 0.654. The second-order valence-corrected chi connectivity index (χ2v) is 8.25. The van der Waals surface area contributed by atoms with Crippen LogP contribution in [-0.4, -0.2) is 29.2 Å². The fraction of sp³-hybridized carbons (Fsp3) is 0.476. The lowest BCUT2D eigenvalue weighted by Gasteiger charge is -2.43. The second kappa shape index (κ2) is 5.75. The van der Waals surface area contributed by atoms with Crippen LogP contribution < -0.4 is 5.32 Å². The molecule has 1 N–H and O–H groups in total. The van der Waals surface area contributed by atoms with Gasteiger partial charge in [0.15, 0.2) is 0 Å². The molecule has 3 amide bonds. The van der Waals surface area contributed by atoms with E-state index in [1.165, 1.54) is 12.1 Å². The monoisotopic (exact) mass is 368 g/mol. The molecule has 3 aliphatic carbocycles. The first-order valence-electron chi connectivity index (χ1n) is 9.59. The number of rotatable bonds is 4. The first-order valence-corrected chi connectivity index (χ1v) is 9.59. The third kappa shape index (κ3) is 2.38. The number of imide groups is 1. The van der Waals surface area contributed by atoms with Gasteiger partial charge in [-0.2, -0.15) is 0 Å². The summed E-state index contributed by atoms with van der Waals surface area (Å²) in [5.74, 6) is -1.35. The number of hydrogen-bond acceptors (Lipinski definition) is 3. The molecule has 27 heavy (non-hydrogen) atoms. The summed E-state index contributed by atoms with van der Waals surface area (Å²) in [6.45, 7) is -0.229. The van der Waals surface area contributed by atoms with Crippen LogP contribution in [0.5, 0.6) is 0 Å². The number of carbonyl (C=O) groups excluding carboxylic acids is 3. The van der Waals surface area contributed by atoms with Crippen molar-refractivity contribution >= 4 is 17.7 Å². The summed E-state index contributed by atoms with van der Waals surface area (Å²) in [5, 5.41) is 3.01. The van der Waals surface area contributed by atoms with Crippen LogP contribution >= 0.6 is 0 Å². The zero-order valence-electron chi connectivity index (χ0n) is 14.9. The number of carbonyl (C=O) groups is 3. The number of likely N-dealkylation sites (tertiary alicyclic amines) is 1. The van der Waals surface area contributed by atoms with E-state index in [0.29, 0.717) is 0 Å². The fourth-order valence-corrected chi connectivity index (χ4v) is 5.36. The van der Waals surface area contributed by atoms with E-state index in [-0.39, 0.29) is 53.8 Å². The molecule has 0 spiro atoms. The van der Waals surface area contributed by atoms with E-state index < -0.39 is 5.54 Å². The van der Waals surface area contributed by atoms with Gasteiger partial charge >= 0.3 is 0 Å². The maximum Gasteiger partial charge on any atom is 0.240 e. The van der Waals surface area contributed by atoms with Crippen molar-refractivity contribution < 1.29 is 18.8 Å². The lowest BCUT2D eigenvalue weighted by Crippen LogP contribution is -2.54. The van der Waals surface area contributed by atoms with Crippen LogP contribution in [0.25, 0.3) is 0 Å². The summed E-state index contributed by atoms with van der Waals surface area (Å²) in [5.41, 5.74) is 0.342. The molecular formula is C21H21FN2O3. The van der Waals surface area contributed by atoms with Crippen molar-refractivity contribution in [3.63, 3.8) is 0 Å². The van der Waals surface area contributed by atoms with Gasteiger partial charge < -0.3 is 5.32 Å². The van der Waals surface area contributed by atoms with Crippen molar-refractivity contribution in [3.05, 3.63) is 47.8 Å². The molecule has 1 aromatic rings. The van der Waals surface area contributed by atoms with E-state index in [2.05, 4.69) is 5.32 Å². The predicted octanol–water partition coefficient (Wildman–Crippen LogP) is 2.13. The molecule has 4 atom stereocenters. The highest BCUT2D eigenvalue weighted by atomic mass is 19.1. The molecule has 2 bridgehead atoms. The molecule has 2 saturated carbocycles. The van der Waals surface area contributed by atoms with Gasteiger partial charge in [-0.1, -0.05) is 24.3 Å². The molecule has 0 radical (unpaired) electrons. The molecule has 1 aliphatic heterocycles. The lowest BCUT2D eigenvalue weighted by atomic mass is 9.71. The number of halogens is 1. The van der Waals surface area contributed by atoms with Crippen LogP contribution in [0, 0.1) is 29.5 Å². The largest absolute Gasteiger partial charge is 0.345 e. The number of nitrogens with zero attached hydrogens (tertiary/aromatic N) is 1. The van der Waals surface area contributed by atoms with Crippen LogP contribution in [-0.2, 0) is 19.9 Å². The van der Waals surface area contributed by atoms with Gasteiger partial charge in [-0.05, 0) is 55.2 Å². The molecule has 1 saturated heterocycles. The SMILES string of the molecule is O=C(CN1C(=O)C2C3C=CC(C3)C2C1=O)NC1(c2ccc(F)cc2)CCC1. The summed E-state index contributed by atoms with van der Waals surface area (Å²) in [6, 6.07) is 6.15. The maximum atomic E-state index is 13.2. The Labute approximate surface area is 156 Å². The van der Waals surface area contributed by atoms with Crippen LogP contribution in [0.15, 0.2) is 36.4 Å². The lowest BCUT2D eigenvalue weighted by molar-refractivity contribution is -0.145. The molecule has 5 nitrogen and oxygen atoms in total. The average molecular weight is 368 g/mol. The standard InChI is InChI=1S/C21H21FN2O3/c22-15-6-4-14(5-7-15)21(8-1-9-21)23-16(25)11-24-19(26)17-12-2-3-13(10-12)18(17)20(24)27/h2-7,12-13,17-18H,1,8-11H2,(H,23,25). The number of amides is 3. The summed E-state index contributed by atoms with van der Waals surface area (Å²) in [7, 11) is 0. The van der Waals surface area contributed by atoms with E-state index in [1.807, 2.05) is 12.2 Å². The number of hydrogen-bond donors (Lipinski definition) is 1. The Morgan fingerprint density at radius 3 is 2.19 bits per heavy atom. The Hall–Kier alpha value is -2.50. The topological polar surface area (TPSA) is 66.5 Å². The molecule has 0 aromatic heterocycles. The minimum atomic E-state index is -0.521. The van der Waals surface area contributed by atoms with Gasteiger partial charge in [0.05, 0.1) is 17.4 Å².